The summed E-state index contributed by atoms with van der Waals surface area (Å²) in [6.07, 6.45) is 1.83. The second-order valence-corrected chi connectivity index (χ2v) is 8.01. The molecule has 0 aromatic heterocycles. The molecule has 2 N–H and O–H groups in total. The van der Waals surface area contributed by atoms with Gasteiger partial charge in [0.05, 0.1) is 19.6 Å². The van der Waals surface area contributed by atoms with Crippen LogP contribution in [0.4, 0.5) is 0 Å². The van der Waals surface area contributed by atoms with Gasteiger partial charge in [-0.2, -0.15) is 0 Å². The van der Waals surface area contributed by atoms with Gasteiger partial charge in [-0.3, -0.25) is 19.3 Å². The molecule has 1 heterocycles. The average Bonchev–Trinajstić information content (AvgIpc) is 3.23. The number of rotatable bonds is 10. The second kappa shape index (κ2) is 11.4. The second-order valence-electron chi connectivity index (χ2n) is 8.01. The van der Waals surface area contributed by atoms with Crippen LogP contribution in [-0.4, -0.2) is 59.6 Å². The van der Waals surface area contributed by atoms with Crippen molar-refractivity contribution in [1.29, 1.82) is 0 Å². The first-order valence-corrected chi connectivity index (χ1v) is 11.0. The Hall–Kier alpha value is -3.19. The molecule has 2 unspecified atom stereocenters. The highest BCUT2D eigenvalue weighted by Crippen LogP contribution is 2.20. The summed E-state index contributed by atoms with van der Waals surface area (Å²) < 4.78 is 5.07. The fraction of sp³-hybridized carbons (Fsp3) is 0.400. The summed E-state index contributed by atoms with van der Waals surface area (Å²) in [5.41, 5.74) is 3.20. The van der Waals surface area contributed by atoms with Gasteiger partial charge in [0.2, 0.25) is 5.91 Å². The summed E-state index contributed by atoms with van der Waals surface area (Å²) in [6, 6.07) is 17.0. The molecule has 2 atom stereocenters. The largest absolute Gasteiger partial charge is 0.480 e. The van der Waals surface area contributed by atoms with Gasteiger partial charge in [0.25, 0.3) is 0 Å². The minimum atomic E-state index is -0.906. The Labute approximate surface area is 188 Å². The minimum Gasteiger partial charge on any atom is -0.480 e. The molecule has 1 aliphatic heterocycles. The van der Waals surface area contributed by atoms with Gasteiger partial charge in [-0.25, -0.2) is 0 Å². The first-order valence-electron chi connectivity index (χ1n) is 11.0. The topological polar surface area (TPSA) is 95.9 Å². The summed E-state index contributed by atoms with van der Waals surface area (Å²) in [5, 5.41) is 12.2. The maximum atomic E-state index is 12.6. The van der Waals surface area contributed by atoms with E-state index < -0.39 is 18.1 Å². The van der Waals surface area contributed by atoms with Crippen LogP contribution in [0.15, 0.2) is 54.6 Å². The van der Waals surface area contributed by atoms with Gasteiger partial charge < -0.3 is 15.2 Å². The standard InChI is InChI=1S/C25H30N2O5/c1-2-32-24(29)16-21(26-23(28)17-27-14-6-9-22(27)25(30)31)15-18-10-12-20(13-11-18)19-7-4-3-5-8-19/h3-5,7-8,10-13,21-22H,2,6,9,14-17H2,1H3,(H,26,28)(H,30,31). The van der Waals surface area contributed by atoms with Crippen molar-refractivity contribution in [2.45, 2.75) is 44.7 Å². The fourth-order valence-corrected chi connectivity index (χ4v) is 4.10. The maximum Gasteiger partial charge on any atom is 0.320 e. The number of carbonyl (C=O) groups is 3. The van der Waals surface area contributed by atoms with Crippen LogP contribution in [0.25, 0.3) is 11.1 Å². The van der Waals surface area contributed by atoms with Crippen molar-refractivity contribution in [3.05, 3.63) is 60.2 Å². The number of likely N-dealkylation sites (tertiary alicyclic amines) is 1. The van der Waals surface area contributed by atoms with Crippen molar-refractivity contribution < 1.29 is 24.2 Å². The molecule has 0 radical (unpaired) electrons. The molecule has 1 aliphatic rings. The number of carboxylic acid groups (broad SMARTS) is 1. The summed E-state index contributed by atoms with van der Waals surface area (Å²) in [6.45, 7) is 2.60. The minimum absolute atomic E-state index is 0.00321. The predicted molar refractivity (Wildman–Crippen MR) is 121 cm³/mol. The number of hydrogen-bond donors (Lipinski definition) is 2. The van der Waals surface area contributed by atoms with E-state index in [2.05, 4.69) is 5.32 Å². The molecule has 2 aromatic carbocycles. The highest BCUT2D eigenvalue weighted by molar-refractivity contribution is 5.81. The fourth-order valence-electron chi connectivity index (χ4n) is 4.10. The Morgan fingerprint density at radius 3 is 2.44 bits per heavy atom. The van der Waals surface area contributed by atoms with Crippen molar-refractivity contribution in [2.24, 2.45) is 0 Å². The predicted octanol–water partition coefficient (Wildman–Crippen LogP) is 2.88. The quantitative estimate of drug-likeness (QED) is 0.554. The van der Waals surface area contributed by atoms with Crippen LogP contribution in [0.1, 0.15) is 31.7 Å². The van der Waals surface area contributed by atoms with Crippen molar-refractivity contribution >= 4 is 17.8 Å². The number of hydrogen-bond acceptors (Lipinski definition) is 5. The molecular formula is C25H30N2O5. The van der Waals surface area contributed by atoms with Gasteiger partial charge >= 0.3 is 11.9 Å². The smallest absolute Gasteiger partial charge is 0.320 e. The van der Waals surface area contributed by atoms with E-state index in [9.17, 15) is 19.5 Å². The summed E-state index contributed by atoms with van der Waals surface area (Å²) in [5.74, 6) is -1.56. The zero-order chi connectivity index (χ0) is 22.9. The summed E-state index contributed by atoms with van der Waals surface area (Å²) >= 11 is 0. The SMILES string of the molecule is CCOC(=O)CC(Cc1ccc(-c2ccccc2)cc1)NC(=O)CN1CCCC1C(=O)O. The van der Waals surface area contributed by atoms with Gasteiger partial charge in [-0.1, -0.05) is 54.6 Å². The van der Waals surface area contributed by atoms with Gasteiger partial charge in [-0.15, -0.1) is 0 Å². The van der Waals surface area contributed by atoms with E-state index in [1.807, 2.05) is 54.6 Å². The average molecular weight is 439 g/mol. The van der Waals surface area contributed by atoms with Crippen LogP contribution >= 0.6 is 0 Å². The van der Waals surface area contributed by atoms with E-state index in [4.69, 9.17) is 4.74 Å². The first-order chi connectivity index (χ1) is 15.5. The lowest BCUT2D eigenvalue weighted by Crippen LogP contribution is -2.46. The Balaban J connectivity index is 1.65. The lowest BCUT2D eigenvalue weighted by atomic mass is 9.99. The Kier molecular flexibility index (Phi) is 8.39. The van der Waals surface area contributed by atoms with Crippen LogP contribution in [0, 0.1) is 0 Å². The third-order valence-corrected chi connectivity index (χ3v) is 5.62. The monoisotopic (exact) mass is 438 g/mol. The van der Waals surface area contributed by atoms with Crippen molar-refractivity contribution in [3.8, 4) is 11.1 Å². The van der Waals surface area contributed by atoms with Crippen LogP contribution in [-0.2, 0) is 25.5 Å². The number of amides is 1. The molecule has 1 fully saturated rings. The number of benzene rings is 2. The van der Waals surface area contributed by atoms with Crippen molar-refractivity contribution in [3.63, 3.8) is 0 Å². The molecule has 3 rings (SSSR count). The number of esters is 1. The van der Waals surface area contributed by atoms with E-state index in [1.165, 1.54) is 0 Å². The molecule has 0 aliphatic carbocycles. The molecule has 1 saturated heterocycles. The van der Waals surface area contributed by atoms with Crippen molar-refractivity contribution in [2.75, 3.05) is 19.7 Å². The number of nitrogens with one attached hydrogen (secondary N) is 1. The molecule has 0 spiro atoms. The molecule has 0 saturated carbocycles. The number of carboxylic acids is 1. The van der Waals surface area contributed by atoms with Crippen LogP contribution < -0.4 is 5.32 Å². The number of nitrogens with zero attached hydrogens (tertiary/aromatic N) is 1. The van der Waals surface area contributed by atoms with E-state index in [-0.39, 0.29) is 31.4 Å². The molecule has 2 aromatic rings. The highest BCUT2D eigenvalue weighted by Gasteiger charge is 2.32. The van der Waals surface area contributed by atoms with E-state index >= 15 is 0 Å². The molecule has 170 valence electrons. The number of aliphatic carboxylic acids is 1. The van der Waals surface area contributed by atoms with Crippen LogP contribution in [0.3, 0.4) is 0 Å². The third-order valence-electron chi connectivity index (χ3n) is 5.62. The number of carbonyl (C=O) groups excluding carboxylic acids is 2. The van der Waals surface area contributed by atoms with Gasteiger partial charge in [-0.05, 0) is 49.4 Å². The molecule has 32 heavy (non-hydrogen) atoms. The first kappa shape index (κ1) is 23.5. The third kappa shape index (κ3) is 6.65. The lowest BCUT2D eigenvalue weighted by Gasteiger charge is -2.23. The highest BCUT2D eigenvalue weighted by atomic mass is 16.5. The summed E-state index contributed by atoms with van der Waals surface area (Å²) in [4.78, 5) is 37.8. The molecule has 7 heteroatoms. The zero-order valence-electron chi connectivity index (χ0n) is 18.3. The van der Waals surface area contributed by atoms with Gasteiger partial charge in [0.15, 0.2) is 0 Å². The van der Waals surface area contributed by atoms with E-state index in [1.54, 1.807) is 11.8 Å². The van der Waals surface area contributed by atoms with Crippen LogP contribution in [0.5, 0.6) is 0 Å². The molecular weight excluding hydrogens is 408 g/mol. The maximum absolute atomic E-state index is 12.6. The van der Waals surface area contributed by atoms with E-state index in [0.29, 0.717) is 19.4 Å². The molecule has 1 amide bonds. The lowest BCUT2D eigenvalue weighted by molar-refractivity contribution is -0.143. The Bertz CT molecular complexity index is 914. The Morgan fingerprint density at radius 1 is 1.09 bits per heavy atom. The number of ether oxygens (including phenoxy) is 1. The normalized spacial score (nSPS) is 17.0. The Morgan fingerprint density at radius 2 is 1.78 bits per heavy atom. The molecule has 7 nitrogen and oxygen atoms in total. The van der Waals surface area contributed by atoms with Crippen LogP contribution in [0.2, 0.25) is 0 Å². The van der Waals surface area contributed by atoms with Gasteiger partial charge in [0.1, 0.15) is 6.04 Å². The zero-order valence-corrected chi connectivity index (χ0v) is 18.3. The summed E-state index contributed by atoms with van der Waals surface area (Å²) in [7, 11) is 0. The molecule has 0 bridgehead atoms. The van der Waals surface area contributed by atoms with Crippen molar-refractivity contribution in [1.82, 2.24) is 10.2 Å². The van der Waals surface area contributed by atoms with Gasteiger partial charge in [0, 0.05) is 6.04 Å². The van der Waals surface area contributed by atoms with E-state index in [0.717, 1.165) is 23.1 Å².